The molecule has 0 aromatic carbocycles. The van der Waals surface area contributed by atoms with Crippen molar-refractivity contribution in [3.63, 3.8) is 0 Å². The molecule has 1 aliphatic rings. The molecule has 1 rings (SSSR count). The second-order valence-electron chi connectivity index (χ2n) is 8.47. The van der Waals surface area contributed by atoms with Crippen LogP contribution in [0.2, 0.25) is 0 Å². The maximum absolute atomic E-state index is 12.3. The van der Waals surface area contributed by atoms with Gasteiger partial charge in [0.1, 0.15) is 16.9 Å². The highest BCUT2D eigenvalue weighted by Gasteiger charge is 2.24. The van der Waals surface area contributed by atoms with Crippen molar-refractivity contribution in [2.75, 3.05) is 0 Å². The van der Waals surface area contributed by atoms with Gasteiger partial charge in [-0.1, -0.05) is 31.8 Å². The molecule has 0 unspecified atom stereocenters. The minimum Gasteiger partial charge on any atom is -0.455 e. The molecule has 0 bridgehead atoms. The molecule has 1 amide bonds. The van der Waals surface area contributed by atoms with Gasteiger partial charge >= 0.3 is 12.1 Å². The van der Waals surface area contributed by atoms with Gasteiger partial charge in [0.2, 0.25) is 0 Å². The second kappa shape index (κ2) is 8.54. The third kappa shape index (κ3) is 8.94. The summed E-state index contributed by atoms with van der Waals surface area (Å²) < 4.78 is 10.6. The van der Waals surface area contributed by atoms with E-state index in [4.69, 9.17) is 9.47 Å². The summed E-state index contributed by atoms with van der Waals surface area (Å²) >= 11 is 0. The van der Waals surface area contributed by atoms with Gasteiger partial charge in [-0.3, -0.25) is 5.32 Å². The molecule has 0 spiro atoms. The number of esters is 1. The summed E-state index contributed by atoms with van der Waals surface area (Å²) in [5.41, 5.74) is -1.07. The largest absolute Gasteiger partial charge is 0.455 e. The molecule has 1 aliphatic carbocycles. The molecular formula is C19H33NO4. The van der Waals surface area contributed by atoms with E-state index in [9.17, 15) is 9.59 Å². The lowest BCUT2D eigenvalue weighted by atomic mass is 10.0. The molecule has 0 saturated heterocycles. The predicted molar refractivity (Wildman–Crippen MR) is 94.5 cm³/mol. The summed E-state index contributed by atoms with van der Waals surface area (Å²) in [7, 11) is 0. The molecule has 0 aromatic heterocycles. The second-order valence-corrected chi connectivity index (χ2v) is 8.47. The number of amides is 1. The fraction of sp³-hybridized carbons (Fsp3) is 0.789. The lowest BCUT2D eigenvalue weighted by Gasteiger charge is -2.23. The zero-order chi connectivity index (χ0) is 18.4. The Morgan fingerprint density at radius 3 is 2.04 bits per heavy atom. The van der Waals surface area contributed by atoms with Crippen molar-refractivity contribution >= 4 is 12.1 Å². The Labute approximate surface area is 146 Å². The highest BCUT2D eigenvalue weighted by atomic mass is 16.6. The Bertz CT molecular complexity index is 463. The Morgan fingerprint density at radius 2 is 1.54 bits per heavy atom. The Hall–Kier alpha value is -1.52. The van der Waals surface area contributed by atoms with Gasteiger partial charge in [0.25, 0.3) is 0 Å². The van der Waals surface area contributed by atoms with Crippen LogP contribution in [0.3, 0.4) is 0 Å². The molecule has 24 heavy (non-hydrogen) atoms. The van der Waals surface area contributed by atoms with E-state index < -0.39 is 23.3 Å². The summed E-state index contributed by atoms with van der Waals surface area (Å²) in [5.74, 6) is 0.197. The van der Waals surface area contributed by atoms with E-state index in [-0.39, 0.29) is 5.70 Å². The smallest absolute Gasteiger partial charge is 0.412 e. The molecule has 138 valence electrons. The van der Waals surface area contributed by atoms with Crippen molar-refractivity contribution < 1.29 is 19.1 Å². The number of carbonyl (C=O) groups is 2. The van der Waals surface area contributed by atoms with Crippen LogP contribution in [0.1, 0.15) is 80.1 Å². The molecule has 0 atom stereocenters. The Kier molecular flexibility index (Phi) is 7.30. The molecular weight excluding hydrogens is 306 g/mol. The molecule has 1 fully saturated rings. The van der Waals surface area contributed by atoms with Crippen molar-refractivity contribution in [3.8, 4) is 0 Å². The number of rotatable bonds is 5. The van der Waals surface area contributed by atoms with Crippen LogP contribution in [0.15, 0.2) is 11.8 Å². The van der Waals surface area contributed by atoms with Gasteiger partial charge < -0.3 is 9.47 Å². The highest BCUT2D eigenvalue weighted by molar-refractivity contribution is 5.92. The summed E-state index contributed by atoms with van der Waals surface area (Å²) in [4.78, 5) is 24.3. The summed E-state index contributed by atoms with van der Waals surface area (Å²) in [6.07, 6.45) is 8.01. The average Bonchev–Trinajstić information content (AvgIpc) is 2.86. The SMILES string of the molecule is CC(C)(C)OC(=O)NC(=CCCC1CCCC1)C(=O)OC(C)(C)C. The molecule has 1 saturated carbocycles. The van der Waals surface area contributed by atoms with Crippen molar-refractivity contribution in [2.45, 2.75) is 91.3 Å². The molecule has 5 heteroatoms. The molecule has 0 heterocycles. The maximum Gasteiger partial charge on any atom is 0.412 e. The van der Waals surface area contributed by atoms with Crippen molar-refractivity contribution in [1.29, 1.82) is 0 Å². The topological polar surface area (TPSA) is 64.6 Å². The number of ether oxygens (including phenoxy) is 2. The first-order valence-corrected chi connectivity index (χ1v) is 8.90. The van der Waals surface area contributed by atoms with E-state index in [1.807, 2.05) is 0 Å². The van der Waals surface area contributed by atoms with E-state index in [1.165, 1.54) is 25.7 Å². The van der Waals surface area contributed by atoms with Crippen LogP contribution in [0.25, 0.3) is 0 Å². The van der Waals surface area contributed by atoms with Gasteiger partial charge in [0.15, 0.2) is 0 Å². The zero-order valence-electron chi connectivity index (χ0n) is 16.0. The molecule has 1 N–H and O–H groups in total. The fourth-order valence-corrected chi connectivity index (χ4v) is 2.69. The molecule has 0 aliphatic heterocycles. The Balaban J connectivity index is 2.69. The van der Waals surface area contributed by atoms with Crippen molar-refractivity contribution in [1.82, 2.24) is 5.32 Å². The van der Waals surface area contributed by atoms with Gasteiger partial charge in [0.05, 0.1) is 0 Å². The lowest BCUT2D eigenvalue weighted by molar-refractivity contribution is -0.150. The van der Waals surface area contributed by atoms with Crippen LogP contribution in [-0.2, 0) is 14.3 Å². The summed E-state index contributed by atoms with van der Waals surface area (Å²) in [6, 6.07) is 0. The van der Waals surface area contributed by atoms with Crippen LogP contribution in [0, 0.1) is 5.92 Å². The predicted octanol–water partition coefficient (Wildman–Crippen LogP) is 4.71. The van der Waals surface area contributed by atoms with E-state index in [1.54, 1.807) is 47.6 Å². The molecule has 0 radical (unpaired) electrons. The monoisotopic (exact) mass is 339 g/mol. The molecule has 0 aromatic rings. The standard InChI is InChI=1S/C19H33NO4/c1-18(2,3)23-16(21)15(20-17(22)24-19(4,5)6)13-9-12-14-10-7-8-11-14/h13-14H,7-12H2,1-6H3,(H,20,22). The van der Waals surface area contributed by atoms with E-state index in [0.29, 0.717) is 0 Å². The van der Waals surface area contributed by atoms with Gasteiger partial charge in [-0.15, -0.1) is 0 Å². The Morgan fingerprint density at radius 1 is 1.00 bits per heavy atom. The third-order valence-electron chi connectivity index (χ3n) is 3.65. The summed E-state index contributed by atoms with van der Waals surface area (Å²) in [6.45, 7) is 10.7. The quantitative estimate of drug-likeness (QED) is 0.582. The van der Waals surface area contributed by atoms with E-state index >= 15 is 0 Å². The first kappa shape index (κ1) is 20.5. The van der Waals surface area contributed by atoms with Gasteiger partial charge in [-0.25, -0.2) is 9.59 Å². The zero-order valence-corrected chi connectivity index (χ0v) is 16.0. The number of allylic oxidation sites excluding steroid dienone is 1. The van der Waals surface area contributed by atoms with Crippen LogP contribution in [0.4, 0.5) is 4.79 Å². The van der Waals surface area contributed by atoms with Crippen LogP contribution < -0.4 is 5.32 Å². The number of hydrogen-bond donors (Lipinski definition) is 1. The number of alkyl carbamates (subject to hydrolysis) is 1. The first-order valence-electron chi connectivity index (χ1n) is 8.90. The van der Waals surface area contributed by atoms with E-state index in [2.05, 4.69) is 5.32 Å². The van der Waals surface area contributed by atoms with Gasteiger partial charge in [-0.2, -0.15) is 0 Å². The first-order chi connectivity index (χ1) is 11.0. The van der Waals surface area contributed by atoms with E-state index in [0.717, 1.165) is 18.8 Å². The normalized spacial score (nSPS) is 16.8. The fourth-order valence-electron chi connectivity index (χ4n) is 2.69. The summed E-state index contributed by atoms with van der Waals surface area (Å²) in [5, 5.41) is 2.55. The number of nitrogens with one attached hydrogen (secondary N) is 1. The minimum absolute atomic E-state index is 0.164. The minimum atomic E-state index is -0.638. The van der Waals surface area contributed by atoms with Crippen LogP contribution >= 0.6 is 0 Å². The molecule has 5 nitrogen and oxygen atoms in total. The van der Waals surface area contributed by atoms with Crippen molar-refractivity contribution in [2.24, 2.45) is 5.92 Å². The lowest BCUT2D eigenvalue weighted by Crippen LogP contribution is -2.36. The van der Waals surface area contributed by atoms with Crippen LogP contribution in [0.5, 0.6) is 0 Å². The maximum atomic E-state index is 12.3. The van der Waals surface area contributed by atoms with Crippen molar-refractivity contribution in [3.05, 3.63) is 11.8 Å². The average molecular weight is 339 g/mol. The highest BCUT2D eigenvalue weighted by Crippen LogP contribution is 2.28. The third-order valence-corrected chi connectivity index (χ3v) is 3.65. The number of carbonyl (C=O) groups excluding carboxylic acids is 2. The van der Waals surface area contributed by atoms with Gasteiger partial charge in [-0.05, 0) is 60.3 Å². The van der Waals surface area contributed by atoms with Crippen LogP contribution in [-0.4, -0.2) is 23.3 Å². The number of hydrogen-bond acceptors (Lipinski definition) is 4. The van der Waals surface area contributed by atoms with Gasteiger partial charge in [0, 0.05) is 0 Å².